The van der Waals surface area contributed by atoms with E-state index in [0.29, 0.717) is 18.7 Å². The molecule has 5 fully saturated rings. The molecule has 2 amide bonds. The molecule has 0 saturated carbocycles. The average Bonchev–Trinajstić information content (AvgIpc) is 1.70. The Bertz CT molecular complexity index is 4570. The van der Waals surface area contributed by atoms with Gasteiger partial charge in [-0.05, 0) is 170 Å². The number of ether oxygens (including phenoxy) is 8. The predicted molar refractivity (Wildman–Crippen MR) is 553 cm³/mol. The van der Waals surface area contributed by atoms with Crippen LogP contribution in [0.15, 0.2) is 190 Å². The van der Waals surface area contributed by atoms with Gasteiger partial charge in [0.15, 0.2) is 17.7 Å². The first kappa shape index (κ1) is 142. The van der Waals surface area contributed by atoms with E-state index in [1.165, 1.54) is 72.8 Å². The highest BCUT2D eigenvalue weighted by molar-refractivity contribution is 7.87. The summed E-state index contributed by atoms with van der Waals surface area (Å²) < 4.78 is 223. The van der Waals surface area contributed by atoms with Crippen molar-refractivity contribution in [1.29, 1.82) is 0 Å². The van der Waals surface area contributed by atoms with Gasteiger partial charge in [-0.25, -0.2) is 42.1 Å². The van der Waals surface area contributed by atoms with Gasteiger partial charge >= 0.3 is 0 Å². The van der Waals surface area contributed by atoms with Gasteiger partial charge in [-0.3, -0.25) is 53.2 Å². The Kier molecular flexibility index (Phi) is 78.2. The van der Waals surface area contributed by atoms with E-state index in [1.807, 2.05) is 90.3 Å². The number of hydrogen-bond donors (Lipinski definition) is 0. The fraction of sp³-hybridized carbons (Fsp3) is 0.531. The van der Waals surface area contributed by atoms with Crippen LogP contribution in [0.5, 0.6) is 0 Å². The van der Waals surface area contributed by atoms with Gasteiger partial charge in [-0.1, -0.05) is 106 Å². The Hall–Kier alpha value is -8.92. The first-order valence-corrected chi connectivity index (χ1v) is 53.9. The molecule has 8 aliphatic heterocycles. The molecule has 8 aliphatic rings. The van der Waals surface area contributed by atoms with Crippen LogP contribution in [-0.4, -0.2) is 342 Å². The molecule has 5 atom stereocenters. The molecule has 0 bridgehead atoms. The van der Waals surface area contributed by atoms with Gasteiger partial charge in [0.05, 0.1) is 158 Å². The zero-order valence-corrected chi connectivity index (χ0v) is 93.2. The number of benzene rings is 6. The van der Waals surface area contributed by atoms with Crippen molar-refractivity contribution in [2.75, 3.05) is 174 Å². The average molecular weight is 2120 g/mol. The molecule has 0 aromatic heterocycles. The number of nitrogens with zero attached hydrogens (tertiary/aromatic N) is 10. The predicted octanol–water partition coefficient (Wildman–Crippen LogP) is 12.5. The number of aryl methyl sites for hydroxylation is 6. The lowest BCUT2D eigenvalue weighted by atomic mass is 10.2. The molecule has 14 rings (SSSR count). The van der Waals surface area contributed by atoms with E-state index in [4.69, 9.17) is 37.9 Å². The quantitative estimate of drug-likeness (QED) is 0.0588. The second-order valence-electron chi connectivity index (χ2n) is 30.3. The minimum atomic E-state index is -4.27. The summed E-state index contributed by atoms with van der Waals surface area (Å²) in [5.41, 5.74) is 5.66. The van der Waals surface area contributed by atoms with Crippen molar-refractivity contribution in [1.82, 2.24) is 34.3 Å². The largest absolute Gasteiger partial charge is 0.744 e. The maximum absolute atomic E-state index is 11.1. The highest BCUT2D eigenvalue weighted by atomic mass is 32.2. The molecule has 5 unspecified atom stereocenters. The van der Waals surface area contributed by atoms with Crippen LogP contribution >= 0.6 is 0 Å². The Morgan fingerprint density at radius 1 is 0.324 bits per heavy atom. The van der Waals surface area contributed by atoms with Gasteiger partial charge in [0, 0.05) is 108 Å². The maximum Gasteiger partial charge on any atom is 0.296 e. The molecule has 6 aromatic carbocycles. The third kappa shape index (κ3) is 69.2. The topological polar surface area (TPSA) is 497 Å². The summed E-state index contributed by atoms with van der Waals surface area (Å²) in [6.07, 6.45) is 1.46. The normalized spacial score (nSPS) is 17.5. The SMILES string of the molecule is CC(=O)N(C)CCN1CCOC1C.CC(=O)N(C)CCN1CCOC1C.CC1=NCCO1.CC1=NCCO1.CC1=NCCO1.CC1OCCN1C.CC1OCCN1C.CC1OCCN1C.COS(=O)(=O)c1ccc(C)cc1.Cc1ccc(S(=O)(=O)[O-])cc1.Cc1ccc(S(=O)(=O)[O-])cc1.Cc1ccc(S(=O)(=O)[O-])cc1.Cc1ccc(S(=O)(=O)[O-])cc1.Cc1ccc(S(=O)(=O)[O-])cc1.[CH2+]C.[CH2+]C.[CH2+]C.[CH2+]C.[CH2+]C. The van der Waals surface area contributed by atoms with Crippen molar-refractivity contribution in [2.45, 2.75) is 206 Å². The standard InChI is InChI=1S/2C9H18N2O2.C8H10O3S.5C7H8O3S.3C5H11NO.3C4H7NO.5C2H5/c2*1-8(12)10(3)4-5-11-6-7-13-9(11)2;1-7-3-5-8(6-4-7)12(9,10)11-2;5*1-6-2-4-7(5-3-6)11(8,9)10;3*1-5-6(2)3-4-7-5;3*1-4-5-2-3-6-4;5*1-2/h2*9H,4-7H2,1-3H3;3-6H,1-2H3;5*2-5H,1H3,(H,8,9,10);3*5H,3-4H2,1-2H3;3*2-3H2,1H3;5*1H2,2H3/q;;;;;;;;;;;;;;5*+1/p-5. The molecule has 44 heteroatoms. The third-order valence-electron chi connectivity index (χ3n) is 19.6. The molecule has 0 aliphatic carbocycles. The Labute approximate surface area is 852 Å². The molecule has 0 N–H and O–H groups in total. The van der Waals surface area contributed by atoms with Crippen LogP contribution < -0.4 is 0 Å². The van der Waals surface area contributed by atoms with Crippen LogP contribution in [0.2, 0.25) is 0 Å². The van der Waals surface area contributed by atoms with E-state index in [9.17, 15) is 82.9 Å². The Morgan fingerprint density at radius 2 is 0.500 bits per heavy atom. The summed E-state index contributed by atoms with van der Waals surface area (Å²) in [5, 5.41) is 0. The summed E-state index contributed by atoms with van der Waals surface area (Å²) in [6.45, 7) is 72.9. The Balaban J connectivity index is -0.000000474. The first-order valence-electron chi connectivity index (χ1n) is 45.4. The van der Waals surface area contributed by atoms with Gasteiger partial charge in [-0.2, -0.15) is 8.42 Å². The van der Waals surface area contributed by atoms with Crippen molar-refractivity contribution >= 4 is 90.2 Å². The van der Waals surface area contributed by atoms with Crippen molar-refractivity contribution < 1.29 is 125 Å². The highest BCUT2D eigenvalue weighted by Gasteiger charge is 2.23. The maximum atomic E-state index is 11.1. The molecule has 142 heavy (non-hydrogen) atoms. The number of carbonyl (C=O) groups is 2. The molecule has 0 radical (unpaired) electrons. The van der Waals surface area contributed by atoms with Gasteiger partial charge < -0.3 is 70.5 Å². The highest BCUT2D eigenvalue weighted by Crippen LogP contribution is 2.17. The van der Waals surface area contributed by atoms with E-state index in [0.717, 1.165) is 190 Å². The Morgan fingerprint density at radius 3 is 0.606 bits per heavy atom. The smallest absolute Gasteiger partial charge is 0.296 e. The van der Waals surface area contributed by atoms with Gasteiger partial charge in [-0.15, -0.1) is 0 Å². The lowest BCUT2D eigenvalue weighted by Crippen LogP contribution is -2.37. The monoisotopic (exact) mass is 2120 g/mol. The number of rotatable bonds is 13. The number of carbonyl (C=O) groups excluding carboxylic acids is 2. The second kappa shape index (κ2) is 78.5. The number of aliphatic imine (C=N–C) groups is 3. The summed E-state index contributed by atoms with van der Waals surface area (Å²) in [7, 11) is -13.9. The van der Waals surface area contributed by atoms with E-state index in [-0.39, 0.29) is 53.6 Å². The second-order valence-corrected chi connectivity index (χ2v) is 38.9. The molecular formula is C98H160N10O28S6. The van der Waals surface area contributed by atoms with Crippen LogP contribution in [-0.2, 0) is 112 Å². The lowest BCUT2D eigenvalue weighted by molar-refractivity contribution is -0.128. The van der Waals surface area contributed by atoms with Crippen molar-refractivity contribution in [3.8, 4) is 0 Å². The van der Waals surface area contributed by atoms with E-state index < -0.39 is 60.7 Å². The van der Waals surface area contributed by atoms with Crippen LogP contribution in [0.3, 0.4) is 0 Å². The summed E-state index contributed by atoms with van der Waals surface area (Å²) in [4.78, 5) is 47.4. The van der Waals surface area contributed by atoms with Crippen molar-refractivity contribution in [3.63, 3.8) is 0 Å². The summed E-state index contributed by atoms with van der Waals surface area (Å²) in [6, 6.07) is 35.4. The fourth-order valence-corrected chi connectivity index (χ4v) is 13.4. The van der Waals surface area contributed by atoms with Gasteiger partial charge in [0.2, 0.25) is 11.8 Å². The molecule has 6 aromatic rings. The zero-order valence-electron chi connectivity index (χ0n) is 88.3. The molecule has 806 valence electrons. The third-order valence-corrected chi connectivity index (χ3v) is 25.1. The van der Waals surface area contributed by atoms with Crippen LogP contribution in [0.1, 0.15) is 137 Å². The molecule has 5 saturated heterocycles. The first-order chi connectivity index (χ1) is 66.4. The molecule has 38 nitrogen and oxygen atoms in total. The summed E-state index contributed by atoms with van der Waals surface area (Å²) in [5.74, 6) is 2.72. The molecular weight excluding hydrogens is 1960 g/mol. The van der Waals surface area contributed by atoms with E-state index in [2.05, 4.69) is 120 Å². The minimum absolute atomic E-state index is 0.118. The fourth-order valence-electron chi connectivity index (χ4n) is 10.4. The molecule has 8 heterocycles. The van der Waals surface area contributed by atoms with Crippen LogP contribution in [0, 0.1) is 76.2 Å². The summed E-state index contributed by atoms with van der Waals surface area (Å²) >= 11 is 0. The van der Waals surface area contributed by atoms with E-state index >= 15 is 0 Å². The van der Waals surface area contributed by atoms with Crippen molar-refractivity contribution in [3.05, 3.63) is 214 Å². The van der Waals surface area contributed by atoms with Gasteiger partial charge in [0.1, 0.15) is 102 Å². The van der Waals surface area contributed by atoms with Crippen molar-refractivity contribution in [2.24, 2.45) is 15.0 Å². The van der Waals surface area contributed by atoms with Crippen LogP contribution in [0.4, 0.5) is 0 Å². The van der Waals surface area contributed by atoms with E-state index in [1.54, 1.807) is 131 Å². The number of amides is 2. The zero-order chi connectivity index (χ0) is 110. The van der Waals surface area contributed by atoms with Gasteiger partial charge in [0.25, 0.3) is 10.1 Å². The number of likely N-dealkylation sites (N-methyl/N-ethyl adjacent to an activating group) is 5. The lowest BCUT2D eigenvalue weighted by Gasteiger charge is -2.22. The number of hydrogen-bond acceptors (Lipinski definition) is 36. The minimum Gasteiger partial charge on any atom is -0.744 e. The van der Waals surface area contributed by atoms with Crippen LogP contribution in [0.25, 0.3) is 0 Å². The molecule has 0 spiro atoms.